The van der Waals surface area contributed by atoms with Crippen molar-refractivity contribution in [1.29, 1.82) is 0 Å². The van der Waals surface area contributed by atoms with Gasteiger partial charge in [0, 0.05) is 31.7 Å². The Morgan fingerprint density at radius 1 is 1.21 bits per heavy atom. The van der Waals surface area contributed by atoms with Crippen molar-refractivity contribution in [2.24, 2.45) is 0 Å². The van der Waals surface area contributed by atoms with Gasteiger partial charge in [-0.3, -0.25) is 4.79 Å². The maximum Gasteiger partial charge on any atom is 0.224 e. The molecule has 0 bridgehead atoms. The summed E-state index contributed by atoms with van der Waals surface area (Å²) in [7, 11) is 0. The largest absolute Gasteiger partial charge is 0.384 e. The predicted molar refractivity (Wildman–Crippen MR) is 79.5 cm³/mol. The summed E-state index contributed by atoms with van der Waals surface area (Å²) in [6.45, 7) is 6.79. The molecule has 3 heteroatoms. The maximum atomic E-state index is 12.0. The Kier molecular flexibility index (Phi) is 4.83. The third-order valence-electron chi connectivity index (χ3n) is 3.76. The van der Waals surface area contributed by atoms with Crippen LogP contribution in [-0.4, -0.2) is 30.4 Å². The van der Waals surface area contributed by atoms with Gasteiger partial charge in [0.05, 0.1) is 0 Å². The van der Waals surface area contributed by atoms with Gasteiger partial charge in [-0.25, -0.2) is 0 Å². The van der Waals surface area contributed by atoms with Crippen molar-refractivity contribution in [3.63, 3.8) is 0 Å². The number of carbonyl (C=O) groups is 1. The highest BCUT2D eigenvalue weighted by atomic mass is 16.2. The van der Waals surface area contributed by atoms with Crippen molar-refractivity contribution in [3.8, 4) is 0 Å². The van der Waals surface area contributed by atoms with Gasteiger partial charge < -0.3 is 10.2 Å². The van der Waals surface area contributed by atoms with Gasteiger partial charge in [0.15, 0.2) is 0 Å². The number of carbonyl (C=O) groups excluding carboxylic acids is 1. The molecule has 1 aromatic carbocycles. The van der Waals surface area contributed by atoms with Crippen molar-refractivity contribution in [2.75, 3.05) is 25.0 Å². The number of nitrogens with zero attached hydrogens (tertiary/aromatic N) is 1. The molecule has 2 rings (SSSR count). The summed E-state index contributed by atoms with van der Waals surface area (Å²) in [6, 6.07) is 6.37. The van der Waals surface area contributed by atoms with E-state index in [-0.39, 0.29) is 5.91 Å². The predicted octanol–water partition coefficient (Wildman–Crippen LogP) is 3.12. The molecule has 0 unspecified atom stereocenters. The average molecular weight is 260 g/mol. The van der Waals surface area contributed by atoms with Gasteiger partial charge in [0.25, 0.3) is 0 Å². The number of nitrogens with one attached hydrogen (secondary N) is 1. The molecule has 1 aliphatic heterocycles. The maximum absolute atomic E-state index is 12.0. The Balaban J connectivity index is 1.79. The van der Waals surface area contributed by atoms with E-state index >= 15 is 0 Å². The summed E-state index contributed by atoms with van der Waals surface area (Å²) in [4.78, 5) is 14.0. The lowest BCUT2D eigenvalue weighted by Crippen LogP contribution is -2.36. The second-order valence-corrected chi connectivity index (χ2v) is 5.44. The van der Waals surface area contributed by atoms with Crippen LogP contribution in [-0.2, 0) is 4.79 Å². The highest BCUT2D eigenvalue weighted by Crippen LogP contribution is 2.16. The lowest BCUT2D eigenvalue weighted by Gasteiger charge is -2.26. The van der Waals surface area contributed by atoms with E-state index in [9.17, 15) is 4.79 Å². The number of hydrogen-bond acceptors (Lipinski definition) is 2. The molecule has 1 saturated heterocycles. The van der Waals surface area contributed by atoms with Crippen LogP contribution in [0.3, 0.4) is 0 Å². The molecule has 1 heterocycles. The highest BCUT2D eigenvalue weighted by molar-refractivity contribution is 5.76. The number of rotatable bonds is 4. The molecule has 19 heavy (non-hydrogen) atoms. The van der Waals surface area contributed by atoms with Crippen LogP contribution in [0.2, 0.25) is 0 Å². The lowest BCUT2D eigenvalue weighted by atomic mass is 10.1. The molecule has 1 fully saturated rings. The van der Waals surface area contributed by atoms with Crippen LogP contribution >= 0.6 is 0 Å². The van der Waals surface area contributed by atoms with E-state index < -0.39 is 0 Å². The third-order valence-corrected chi connectivity index (χ3v) is 3.76. The first kappa shape index (κ1) is 13.9. The fourth-order valence-electron chi connectivity index (χ4n) is 2.53. The molecular formula is C16H24N2O. The zero-order valence-electron chi connectivity index (χ0n) is 12.0. The SMILES string of the molecule is Cc1ccc(C)c(NCCC(=O)N2CCCCC2)c1. The molecule has 3 nitrogen and oxygen atoms in total. The summed E-state index contributed by atoms with van der Waals surface area (Å²) < 4.78 is 0. The molecular weight excluding hydrogens is 236 g/mol. The van der Waals surface area contributed by atoms with Gasteiger partial charge in [-0.1, -0.05) is 12.1 Å². The minimum Gasteiger partial charge on any atom is -0.384 e. The van der Waals surface area contributed by atoms with E-state index in [1.165, 1.54) is 17.5 Å². The van der Waals surface area contributed by atoms with Crippen LogP contribution in [0.4, 0.5) is 5.69 Å². The zero-order chi connectivity index (χ0) is 13.7. The van der Waals surface area contributed by atoms with Gasteiger partial charge in [0.1, 0.15) is 0 Å². The molecule has 0 aromatic heterocycles. The molecule has 0 aliphatic carbocycles. The molecule has 1 aliphatic rings. The first-order valence-corrected chi connectivity index (χ1v) is 7.26. The minimum absolute atomic E-state index is 0.289. The number of anilines is 1. The van der Waals surface area contributed by atoms with Crippen LogP contribution in [0.15, 0.2) is 18.2 Å². The number of benzene rings is 1. The van der Waals surface area contributed by atoms with Crippen LogP contribution in [0.25, 0.3) is 0 Å². The van der Waals surface area contributed by atoms with Crippen LogP contribution in [0.5, 0.6) is 0 Å². The molecule has 0 saturated carbocycles. The summed E-state index contributed by atoms with van der Waals surface area (Å²) >= 11 is 0. The van der Waals surface area contributed by atoms with E-state index in [2.05, 4.69) is 37.4 Å². The van der Waals surface area contributed by atoms with Crippen LogP contribution in [0, 0.1) is 13.8 Å². The summed E-state index contributed by atoms with van der Waals surface area (Å²) in [5.74, 6) is 0.289. The summed E-state index contributed by atoms with van der Waals surface area (Å²) in [5.41, 5.74) is 3.62. The van der Waals surface area contributed by atoms with E-state index in [1.807, 2.05) is 4.90 Å². The molecule has 104 valence electrons. The van der Waals surface area contributed by atoms with Crippen molar-refractivity contribution >= 4 is 11.6 Å². The minimum atomic E-state index is 0.289. The molecule has 1 N–H and O–H groups in total. The zero-order valence-corrected chi connectivity index (χ0v) is 12.0. The van der Waals surface area contributed by atoms with Crippen LogP contribution < -0.4 is 5.32 Å². The Bertz CT molecular complexity index is 436. The van der Waals surface area contributed by atoms with Gasteiger partial charge in [-0.2, -0.15) is 0 Å². The normalized spacial score (nSPS) is 15.4. The second-order valence-electron chi connectivity index (χ2n) is 5.44. The number of amides is 1. The van der Waals surface area contributed by atoms with Gasteiger partial charge in [0.2, 0.25) is 5.91 Å². The monoisotopic (exact) mass is 260 g/mol. The van der Waals surface area contributed by atoms with E-state index in [1.54, 1.807) is 0 Å². The summed E-state index contributed by atoms with van der Waals surface area (Å²) in [5, 5.41) is 3.38. The Labute approximate surface area is 116 Å². The van der Waals surface area contributed by atoms with E-state index in [0.717, 1.165) is 38.2 Å². The number of hydrogen-bond donors (Lipinski definition) is 1. The van der Waals surface area contributed by atoms with Crippen molar-refractivity contribution < 1.29 is 4.79 Å². The van der Waals surface area contributed by atoms with E-state index in [4.69, 9.17) is 0 Å². The number of likely N-dealkylation sites (tertiary alicyclic amines) is 1. The Morgan fingerprint density at radius 2 is 1.95 bits per heavy atom. The third kappa shape index (κ3) is 3.98. The summed E-state index contributed by atoms with van der Waals surface area (Å²) in [6.07, 6.45) is 4.18. The molecule has 1 aromatic rings. The fourth-order valence-corrected chi connectivity index (χ4v) is 2.53. The smallest absolute Gasteiger partial charge is 0.224 e. The van der Waals surface area contributed by atoms with Crippen molar-refractivity contribution in [1.82, 2.24) is 4.90 Å². The quantitative estimate of drug-likeness (QED) is 0.902. The average Bonchev–Trinajstić information content (AvgIpc) is 2.43. The lowest BCUT2D eigenvalue weighted by molar-refractivity contribution is -0.131. The van der Waals surface area contributed by atoms with Gasteiger partial charge in [-0.15, -0.1) is 0 Å². The molecule has 0 atom stereocenters. The first-order valence-electron chi connectivity index (χ1n) is 7.26. The standard InChI is InChI=1S/C16H24N2O/c1-13-6-7-14(2)15(12-13)17-9-8-16(19)18-10-4-3-5-11-18/h6-7,12,17H,3-5,8-11H2,1-2H3. The molecule has 0 radical (unpaired) electrons. The fraction of sp³-hybridized carbons (Fsp3) is 0.562. The second kappa shape index (κ2) is 6.60. The topological polar surface area (TPSA) is 32.3 Å². The first-order chi connectivity index (χ1) is 9.16. The van der Waals surface area contributed by atoms with E-state index in [0.29, 0.717) is 6.42 Å². The van der Waals surface area contributed by atoms with Crippen molar-refractivity contribution in [3.05, 3.63) is 29.3 Å². The highest BCUT2D eigenvalue weighted by Gasteiger charge is 2.15. The van der Waals surface area contributed by atoms with Gasteiger partial charge in [-0.05, 0) is 50.3 Å². The Morgan fingerprint density at radius 3 is 2.68 bits per heavy atom. The number of aryl methyl sites for hydroxylation is 2. The van der Waals surface area contributed by atoms with Crippen molar-refractivity contribution in [2.45, 2.75) is 39.5 Å². The van der Waals surface area contributed by atoms with Gasteiger partial charge >= 0.3 is 0 Å². The van der Waals surface area contributed by atoms with Crippen LogP contribution in [0.1, 0.15) is 36.8 Å². The number of piperidine rings is 1. The molecule has 1 amide bonds. The Hall–Kier alpha value is -1.51. The molecule has 0 spiro atoms.